The van der Waals surface area contributed by atoms with Crippen molar-refractivity contribution >= 4 is 35.0 Å². The van der Waals surface area contributed by atoms with Gasteiger partial charge in [0, 0.05) is 17.0 Å². The lowest BCUT2D eigenvalue weighted by atomic mass is 10.3. The van der Waals surface area contributed by atoms with E-state index in [9.17, 15) is 9.59 Å². The number of imide groups is 1. The Kier molecular flexibility index (Phi) is 4.25. The van der Waals surface area contributed by atoms with Crippen molar-refractivity contribution in [1.29, 1.82) is 0 Å². The van der Waals surface area contributed by atoms with Crippen molar-refractivity contribution in [2.24, 2.45) is 0 Å². The van der Waals surface area contributed by atoms with Gasteiger partial charge < -0.3 is 10.5 Å². The third-order valence-electron chi connectivity index (χ3n) is 3.59. The van der Waals surface area contributed by atoms with E-state index in [-0.39, 0.29) is 18.2 Å². The van der Waals surface area contributed by atoms with Gasteiger partial charge in [0.25, 0.3) is 0 Å². The third-order valence-corrected chi connectivity index (χ3v) is 4.79. The molecule has 6 heteroatoms. The first-order chi connectivity index (χ1) is 11.1. The van der Waals surface area contributed by atoms with Gasteiger partial charge in [-0.1, -0.05) is 0 Å². The van der Waals surface area contributed by atoms with E-state index in [0.717, 1.165) is 4.90 Å². The fraction of sp³-hybridized carbons (Fsp3) is 0.176. The highest BCUT2D eigenvalue weighted by molar-refractivity contribution is 8.00. The standard InChI is InChI=1S/C17H16N2O3S/c1-22-13-6-4-12(5-7-13)19-16(20)10-15(17(19)21)23-14-8-2-11(18)3-9-14/h2-9,15H,10,18H2,1H3/t15-/m0/s1. The molecule has 2 aromatic carbocycles. The van der Waals surface area contributed by atoms with Gasteiger partial charge in [-0.05, 0) is 48.5 Å². The summed E-state index contributed by atoms with van der Waals surface area (Å²) in [6.07, 6.45) is 0.194. The number of carbonyl (C=O) groups excluding carboxylic acids is 2. The normalized spacial score (nSPS) is 17.6. The van der Waals surface area contributed by atoms with Crippen LogP contribution in [-0.4, -0.2) is 24.2 Å². The summed E-state index contributed by atoms with van der Waals surface area (Å²) in [5.41, 5.74) is 6.90. The van der Waals surface area contributed by atoms with Crippen molar-refractivity contribution in [2.75, 3.05) is 17.7 Å². The molecule has 1 aliphatic rings. The van der Waals surface area contributed by atoms with Crippen molar-refractivity contribution in [1.82, 2.24) is 0 Å². The van der Waals surface area contributed by atoms with Gasteiger partial charge in [-0.2, -0.15) is 0 Å². The Morgan fingerprint density at radius 2 is 1.74 bits per heavy atom. The molecule has 1 fully saturated rings. The first-order valence-corrected chi connectivity index (χ1v) is 7.99. The molecule has 0 radical (unpaired) electrons. The second-order valence-corrected chi connectivity index (χ2v) is 6.42. The monoisotopic (exact) mass is 328 g/mol. The quantitative estimate of drug-likeness (QED) is 0.690. The van der Waals surface area contributed by atoms with Gasteiger partial charge in [-0.3, -0.25) is 9.59 Å². The molecule has 2 N–H and O–H groups in total. The number of hydrogen-bond acceptors (Lipinski definition) is 5. The van der Waals surface area contributed by atoms with E-state index >= 15 is 0 Å². The minimum Gasteiger partial charge on any atom is -0.497 e. The molecule has 1 saturated heterocycles. The predicted molar refractivity (Wildman–Crippen MR) is 90.6 cm³/mol. The van der Waals surface area contributed by atoms with Crippen molar-refractivity contribution in [2.45, 2.75) is 16.6 Å². The molecule has 118 valence electrons. The number of nitrogens with zero attached hydrogens (tertiary/aromatic N) is 1. The molecule has 3 rings (SSSR count). The number of nitrogen functional groups attached to an aromatic ring is 1. The topological polar surface area (TPSA) is 72.6 Å². The van der Waals surface area contributed by atoms with Gasteiger partial charge in [0.05, 0.1) is 18.0 Å². The van der Waals surface area contributed by atoms with Crippen molar-refractivity contribution in [3.8, 4) is 5.75 Å². The Morgan fingerprint density at radius 3 is 2.35 bits per heavy atom. The van der Waals surface area contributed by atoms with Crippen LogP contribution in [-0.2, 0) is 9.59 Å². The number of carbonyl (C=O) groups is 2. The number of benzene rings is 2. The highest BCUT2D eigenvalue weighted by Crippen LogP contribution is 2.34. The van der Waals surface area contributed by atoms with E-state index < -0.39 is 5.25 Å². The summed E-state index contributed by atoms with van der Waals surface area (Å²) in [6, 6.07) is 14.2. The maximum Gasteiger partial charge on any atom is 0.247 e. The van der Waals surface area contributed by atoms with E-state index in [1.54, 1.807) is 43.5 Å². The van der Waals surface area contributed by atoms with Crippen LogP contribution in [0.3, 0.4) is 0 Å². The molecular weight excluding hydrogens is 312 g/mol. The van der Waals surface area contributed by atoms with Crippen LogP contribution in [0.15, 0.2) is 53.4 Å². The number of nitrogens with two attached hydrogens (primary N) is 1. The highest BCUT2D eigenvalue weighted by atomic mass is 32.2. The second-order valence-electron chi connectivity index (χ2n) is 5.15. The van der Waals surface area contributed by atoms with Gasteiger partial charge in [0.1, 0.15) is 5.75 Å². The van der Waals surface area contributed by atoms with E-state index in [1.165, 1.54) is 16.7 Å². The minimum atomic E-state index is -0.409. The van der Waals surface area contributed by atoms with Crippen LogP contribution < -0.4 is 15.4 Å². The summed E-state index contributed by atoms with van der Waals surface area (Å²) in [6.45, 7) is 0. The Bertz CT molecular complexity index is 729. The predicted octanol–water partition coefficient (Wildman–Crippen LogP) is 2.70. The van der Waals surface area contributed by atoms with Crippen molar-refractivity contribution in [3.05, 3.63) is 48.5 Å². The van der Waals surface area contributed by atoms with Crippen LogP contribution in [0.5, 0.6) is 5.75 Å². The zero-order valence-corrected chi connectivity index (χ0v) is 13.4. The molecular formula is C17H16N2O3S. The number of thioether (sulfide) groups is 1. The second kappa shape index (κ2) is 6.34. The molecule has 0 bridgehead atoms. The molecule has 0 aromatic heterocycles. The van der Waals surface area contributed by atoms with Crippen LogP contribution in [0.2, 0.25) is 0 Å². The molecule has 0 unspecified atom stereocenters. The number of amides is 2. The molecule has 1 heterocycles. The van der Waals surface area contributed by atoms with Gasteiger partial charge in [0.15, 0.2) is 0 Å². The van der Waals surface area contributed by atoms with E-state index in [0.29, 0.717) is 17.1 Å². The Hall–Kier alpha value is -2.47. The van der Waals surface area contributed by atoms with E-state index in [1.807, 2.05) is 12.1 Å². The molecule has 5 nitrogen and oxygen atoms in total. The molecule has 2 aromatic rings. The molecule has 0 spiro atoms. The molecule has 0 saturated carbocycles. The zero-order chi connectivity index (χ0) is 16.4. The summed E-state index contributed by atoms with van der Waals surface area (Å²) in [4.78, 5) is 27.0. The van der Waals surface area contributed by atoms with Gasteiger partial charge in [-0.25, -0.2) is 4.90 Å². The molecule has 2 amide bonds. The van der Waals surface area contributed by atoms with Gasteiger partial charge >= 0.3 is 0 Å². The fourth-order valence-corrected chi connectivity index (χ4v) is 3.46. The van der Waals surface area contributed by atoms with Crippen LogP contribution in [0, 0.1) is 0 Å². The van der Waals surface area contributed by atoms with Crippen LogP contribution in [0.1, 0.15) is 6.42 Å². The molecule has 23 heavy (non-hydrogen) atoms. The van der Waals surface area contributed by atoms with Gasteiger partial charge in [-0.15, -0.1) is 11.8 Å². The van der Waals surface area contributed by atoms with Gasteiger partial charge in [0.2, 0.25) is 11.8 Å². The van der Waals surface area contributed by atoms with Crippen LogP contribution >= 0.6 is 11.8 Å². The number of anilines is 2. The Morgan fingerprint density at radius 1 is 1.09 bits per heavy atom. The Balaban J connectivity index is 1.77. The fourth-order valence-electron chi connectivity index (χ4n) is 2.41. The smallest absolute Gasteiger partial charge is 0.247 e. The van der Waals surface area contributed by atoms with Crippen molar-refractivity contribution < 1.29 is 14.3 Å². The average Bonchev–Trinajstić information content (AvgIpc) is 2.84. The first-order valence-electron chi connectivity index (χ1n) is 7.11. The SMILES string of the molecule is COc1ccc(N2C(=O)C[C@H](Sc3ccc(N)cc3)C2=O)cc1. The summed E-state index contributed by atoms with van der Waals surface area (Å²) in [5, 5.41) is -0.409. The van der Waals surface area contributed by atoms with E-state index in [4.69, 9.17) is 10.5 Å². The number of rotatable bonds is 4. The number of ether oxygens (including phenoxy) is 1. The molecule has 1 aliphatic heterocycles. The minimum absolute atomic E-state index is 0.187. The lowest BCUT2D eigenvalue weighted by Crippen LogP contribution is -2.31. The summed E-state index contributed by atoms with van der Waals surface area (Å²) in [5.74, 6) is 0.302. The van der Waals surface area contributed by atoms with E-state index in [2.05, 4.69) is 0 Å². The maximum atomic E-state index is 12.6. The Labute approximate surface area is 138 Å². The summed E-state index contributed by atoms with van der Waals surface area (Å²) < 4.78 is 5.09. The van der Waals surface area contributed by atoms with Crippen LogP contribution in [0.4, 0.5) is 11.4 Å². The van der Waals surface area contributed by atoms with Crippen LogP contribution in [0.25, 0.3) is 0 Å². The molecule has 0 aliphatic carbocycles. The summed E-state index contributed by atoms with van der Waals surface area (Å²) >= 11 is 1.39. The maximum absolute atomic E-state index is 12.6. The number of methoxy groups -OCH3 is 1. The lowest BCUT2D eigenvalue weighted by molar-refractivity contribution is -0.121. The lowest BCUT2D eigenvalue weighted by Gasteiger charge is -2.15. The third kappa shape index (κ3) is 3.17. The number of hydrogen-bond donors (Lipinski definition) is 1. The largest absolute Gasteiger partial charge is 0.497 e. The first kappa shape index (κ1) is 15.4. The van der Waals surface area contributed by atoms with Crippen molar-refractivity contribution in [3.63, 3.8) is 0 Å². The molecule has 1 atom stereocenters. The zero-order valence-electron chi connectivity index (χ0n) is 12.6. The highest BCUT2D eigenvalue weighted by Gasteiger charge is 2.40. The summed E-state index contributed by atoms with van der Waals surface area (Å²) in [7, 11) is 1.57. The average molecular weight is 328 g/mol.